The Morgan fingerprint density at radius 1 is 1.33 bits per heavy atom. The molecule has 0 aromatic heterocycles. The summed E-state index contributed by atoms with van der Waals surface area (Å²) in [5.74, 6) is 1.21. The molecule has 0 heterocycles. The summed E-state index contributed by atoms with van der Waals surface area (Å²) < 4.78 is 0.916. The summed E-state index contributed by atoms with van der Waals surface area (Å²) in [6.07, 6.45) is 5.63. The SMILES string of the molecule is CCC1CCC(C(=O)c2ccc(Br)cc2Cl)CC1. The zero-order valence-electron chi connectivity index (χ0n) is 10.6. The Hall–Kier alpha value is -0.340. The molecular formula is C15H18BrClO. The van der Waals surface area contributed by atoms with Gasteiger partial charge in [-0.3, -0.25) is 4.79 Å². The lowest BCUT2D eigenvalue weighted by atomic mass is 9.78. The van der Waals surface area contributed by atoms with Crippen molar-refractivity contribution in [3.63, 3.8) is 0 Å². The predicted octanol–water partition coefficient (Wildman–Crippen LogP) is 5.50. The van der Waals surface area contributed by atoms with Crippen molar-refractivity contribution in [1.82, 2.24) is 0 Å². The minimum absolute atomic E-state index is 0.173. The average molecular weight is 330 g/mol. The van der Waals surface area contributed by atoms with Crippen LogP contribution in [0.15, 0.2) is 22.7 Å². The van der Waals surface area contributed by atoms with E-state index in [-0.39, 0.29) is 11.7 Å². The van der Waals surface area contributed by atoms with Crippen molar-refractivity contribution in [3.8, 4) is 0 Å². The number of halogens is 2. The molecule has 0 atom stereocenters. The van der Waals surface area contributed by atoms with E-state index in [1.165, 1.54) is 19.3 Å². The van der Waals surface area contributed by atoms with Crippen molar-refractivity contribution in [1.29, 1.82) is 0 Å². The van der Waals surface area contributed by atoms with E-state index in [1.54, 1.807) is 6.07 Å². The van der Waals surface area contributed by atoms with Gasteiger partial charge in [0.2, 0.25) is 0 Å². The van der Waals surface area contributed by atoms with Crippen molar-refractivity contribution < 1.29 is 4.79 Å². The molecule has 18 heavy (non-hydrogen) atoms. The highest BCUT2D eigenvalue weighted by Crippen LogP contribution is 2.34. The van der Waals surface area contributed by atoms with Crippen LogP contribution in [0.5, 0.6) is 0 Å². The molecule has 0 saturated heterocycles. The topological polar surface area (TPSA) is 17.1 Å². The molecule has 0 spiro atoms. The Morgan fingerprint density at radius 2 is 2.00 bits per heavy atom. The van der Waals surface area contributed by atoms with Gasteiger partial charge in [-0.05, 0) is 49.8 Å². The molecule has 2 rings (SSSR count). The molecule has 0 aliphatic heterocycles. The fourth-order valence-corrected chi connectivity index (χ4v) is 3.51. The molecular weight excluding hydrogens is 312 g/mol. The number of ketones is 1. The Bertz CT molecular complexity index is 436. The first-order valence-electron chi connectivity index (χ1n) is 6.61. The second-order valence-electron chi connectivity index (χ2n) is 5.11. The highest BCUT2D eigenvalue weighted by molar-refractivity contribution is 9.10. The van der Waals surface area contributed by atoms with Gasteiger partial charge in [-0.15, -0.1) is 0 Å². The van der Waals surface area contributed by atoms with E-state index in [4.69, 9.17) is 11.6 Å². The minimum atomic E-state index is 0.173. The van der Waals surface area contributed by atoms with Crippen LogP contribution in [0.1, 0.15) is 49.4 Å². The van der Waals surface area contributed by atoms with Crippen LogP contribution in [-0.2, 0) is 0 Å². The summed E-state index contributed by atoms with van der Waals surface area (Å²) in [7, 11) is 0. The zero-order chi connectivity index (χ0) is 13.1. The fourth-order valence-electron chi connectivity index (χ4n) is 2.74. The molecule has 1 aromatic rings. The first kappa shape index (κ1) is 14.1. The number of rotatable bonds is 3. The van der Waals surface area contributed by atoms with Gasteiger partial charge in [0, 0.05) is 16.0 Å². The van der Waals surface area contributed by atoms with E-state index >= 15 is 0 Å². The van der Waals surface area contributed by atoms with Gasteiger partial charge in [-0.1, -0.05) is 40.9 Å². The van der Waals surface area contributed by atoms with Crippen molar-refractivity contribution in [2.45, 2.75) is 39.0 Å². The van der Waals surface area contributed by atoms with E-state index in [0.29, 0.717) is 10.6 Å². The third-order valence-corrected chi connectivity index (χ3v) is 4.80. The summed E-state index contributed by atoms with van der Waals surface area (Å²) in [4.78, 5) is 12.4. The highest BCUT2D eigenvalue weighted by atomic mass is 79.9. The molecule has 1 aliphatic rings. The molecule has 0 radical (unpaired) electrons. The second-order valence-corrected chi connectivity index (χ2v) is 6.44. The van der Waals surface area contributed by atoms with Crippen LogP contribution < -0.4 is 0 Å². The van der Waals surface area contributed by atoms with E-state index in [9.17, 15) is 4.79 Å². The summed E-state index contributed by atoms with van der Waals surface area (Å²) in [6, 6.07) is 5.52. The number of Topliss-reactive ketones (excluding diaryl/α,β-unsaturated/α-hetero) is 1. The van der Waals surface area contributed by atoms with Crippen molar-refractivity contribution in [3.05, 3.63) is 33.3 Å². The molecule has 1 aliphatic carbocycles. The maximum absolute atomic E-state index is 12.4. The van der Waals surface area contributed by atoms with Crippen LogP contribution in [0.2, 0.25) is 5.02 Å². The third-order valence-electron chi connectivity index (χ3n) is 3.99. The summed E-state index contributed by atoms with van der Waals surface area (Å²) in [5.41, 5.74) is 0.680. The Labute approximate surface area is 122 Å². The van der Waals surface area contributed by atoms with Gasteiger partial charge in [0.15, 0.2) is 5.78 Å². The van der Waals surface area contributed by atoms with E-state index in [0.717, 1.165) is 23.2 Å². The first-order chi connectivity index (χ1) is 8.61. The second kappa shape index (κ2) is 6.21. The van der Waals surface area contributed by atoms with Gasteiger partial charge >= 0.3 is 0 Å². The van der Waals surface area contributed by atoms with Crippen LogP contribution in [0, 0.1) is 11.8 Å². The Morgan fingerprint density at radius 3 is 2.56 bits per heavy atom. The number of benzene rings is 1. The lowest BCUT2D eigenvalue weighted by Gasteiger charge is -2.27. The summed E-state index contributed by atoms with van der Waals surface area (Å²) >= 11 is 9.51. The van der Waals surface area contributed by atoms with E-state index < -0.39 is 0 Å². The number of hydrogen-bond donors (Lipinski definition) is 0. The molecule has 1 nitrogen and oxygen atoms in total. The zero-order valence-corrected chi connectivity index (χ0v) is 12.9. The van der Waals surface area contributed by atoms with Crippen LogP contribution in [0.25, 0.3) is 0 Å². The van der Waals surface area contributed by atoms with Crippen molar-refractivity contribution in [2.24, 2.45) is 11.8 Å². The summed E-state index contributed by atoms with van der Waals surface area (Å²) in [6.45, 7) is 2.23. The van der Waals surface area contributed by atoms with E-state index in [2.05, 4.69) is 22.9 Å². The Kier molecular flexibility index (Phi) is 4.85. The first-order valence-corrected chi connectivity index (χ1v) is 7.78. The van der Waals surface area contributed by atoms with Crippen LogP contribution in [-0.4, -0.2) is 5.78 Å². The van der Waals surface area contributed by atoms with Gasteiger partial charge in [0.1, 0.15) is 0 Å². The van der Waals surface area contributed by atoms with Gasteiger partial charge in [-0.25, -0.2) is 0 Å². The van der Waals surface area contributed by atoms with Crippen molar-refractivity contribution in [2.75, 3.05) is 0 Å². The van der Waals surface area contributed by atoms with E-state index in [1.807, 2.05) is 12.1 Å². The molecule has 0 unspecified atom stereocenters. The molecule has 98 valence electrons. The van der Waals surface area contributed by atoms with Crippen LogP contribution in [0.3, 0.4) is 0 Å². The van der Waals surface area contributed by atoms with Crippen LogP contribution >= 0.6 is 27.5 Å². The Balaban J connectivity index is 2.08. The number of carbonyl (C=O) groups excluding carboxylic acids is 1. The van der Waals surface area contributed by atoms with Gasteiger partial charge < -0.3 is 0 Å². The lowest BCUT2D eigenvalue weighted by molar-refractivity contribution is 0.0871. The van der Waals surface area contributed by atoms with Crippen LogP contribution in [0.4, 0.5) is 0 Å². The average Bonchev–Trinajstić information content (AvgIpc) is 2.38. The smallest absolute Gasteiger partial charge is 0.167 e. The largest absolute Gasteiger partial charge is 0.294 e. The number of carbonyl (C=O) groups is 1. The molecule has 0 N–H and O–H groups in total. The standard InChI is InChI=1S/C15H18BrClO/c1-2-10-3-5-11(6-4-10)15(18)13-8-7-12(16)9-14(13)17/h7-11H,2-6H2,1H3. The summed E-state index contributed by atoms with van der Waals surface area (Å²) in [5, 5.41) is 0.562. The van der Waals surface area contributed by atoms with Gasteiger partial charge in [-0.2, -0.15) is 0 Å². The minimum Gasteiger partial charge on any atom is -0.294 e. The third kappa shape index (κ3) is 3.16. The van der Waals surface area contributed by atoms with Gasteiger partial charge in [0.25, 0.3) is 0 Å². The fraction of sp³-hybridized carbons (Fsp3) is 0.533. The monoisotopic (exact) mass is 328 g/mol. The highest BCUT2D eigenvalue weighted by Gasteiger charge is 2.27. The molecule has 1 saturated carbocycles. The maximum Gasteiger partial charge on any atom is 0.167 e. The lowest BCUT2D eigenvalue weighted by Crippen LogP contribution is -2.22. The predicted molar refractivity (Wildman–Crippen MR) is 79.2 cm³/mol. The molecule has 1 fully saturated rings. The number of hydrogen-bond acceptors (Lipinski definition) is 1. The van der Waals surface area contributed by atoms with Gasteiger partial charge in [0.05, 0.1) is 5.02 Å². The normalized spacial score (nSPS) is 23.9. The molecule has 0 bridgehead atoms. The maximum atomic E-state index is 12.4. The van der Waals surface area contributed by atoms with Crippen molar-refractivity contribution >= 4 is 33.3 Å². The molecule has 1 aromatic carbocycles. The molecule has 0 amide bonds. The molecule has 3 heteroatoms. The quantitative estimate of drug-likeness (QED) is 0.669.